The fourth-order valence-electron chi connectivity index (χ4n) is 1.43. The van der Waals surface area contributed by atoms with Gasteiger partial charge in [0, 0.05) is 28.0 Å². The zero-order valence-electron chi connectivity index (χ0n) is 8.87. The van der Waals surface area contributed by atoms with E-state index < -0.39 is 0 Å². The molecule has 1 aromatic heterocycles. The van der Waals surface area contributed by atoms with Crippen molar-refractivity contribution < 1.29 is 0 Å². The van der Waals surface area contributed by atoms with Crippen LogP contribution in [0.1, 0.15) is 16.7 Å². The standard InChI is InChI=1S/C13H11BrN2/c1-9-4-5-10(7-12(9)14)13(15)11-3-2-6-16-8-11/h2-8,15H,1H3. The normalized spacial score (nSPS) is 10.1. The van der Waals surface area contributed by atoms with Crippen molar-refractivity contribution in [2.45, 2.75) is 6.92 Å². The Morgan fingerprint density at radius 3 is 2.69 bits per heavy atom. The van der Waals surface area contributed by atoms with Gasteiger partial charge >= 0.3 is 0 Å². The molecule has 16 heavy (non-hydrogen) atoms. The highest BCUT2D eigenvalue weighted by molar-refractivity contribution is 9.10. The van der Waals surface area contributed by atoms with Crippen LogP contribution in [0.15, 0.2) is 47.2 Å². The van der Waals surface area contributed by atoms with E-state index in [2.05, 4.69) is 20.9 Å². The predicted molar refractivity (Wildman–Crippen MR) is 69.0 cm³/mol. The van der Waals surface area contributed by atoms with Gasteiger partial charge in [-0.1, -0.05) is 28.1 Å². The zero-order valence-corrected chi connectivity index (χ0v) is 10.5. The summed E-state index contributed by atoms with van der Waals surface area (Å²) in [4.78, 5) is 4.02. The van der Waals surface area contributed by atoms with Crippen molar-refractivity contribution in [3.05, 3.63) is 63.9 Å². The van der Waals surface area contributed by atoms with Gasteiger partial charge in [-0.3, -0.25) is 10.4 Å². The highest BCUT2D eigenvalue weighted by atomic mass is 79.9. The molecule has 2 nitrogen and oxygen atoms in total. The smallest absolute Gasteiger partial charge is 0.0700 e. The number of aryl methyl sites for hydroxylation is 1. The van der Waals surface area contributed by atoms with Crippen LogP contribution in [-0.2, 0) is 0 Å². The summed E-state index contributed by atoms with van der Waals surface area (Å²) in [5, 5.41) is 8.08. The van der Waals surface area contributed by atoms with Crippen LogP contribution in [0.5, 0.6) is 0 Å². The van der Waals surface area contributed by atoms with E-state index in [0.29, 0.717) is 5.71 Å². The summed E-state index contributed by atoms with van der Waals surface area (Å²) in [5.41, 5.74) is 3.39. The van der Waals surface area contributed by atoms with Gasteiger partial charge in [0.15, 0.2) is 0 Å². The Kier molecular flexibility index (Phi) is 3.15. The van der Waals surface area contributed by atoms with Crippen molar-refractivity contribution in [3.8, 4) is 0 Å². The van der Waals surface area contributed by atoms with Crippen molar-refractivity contribution in [3.63, 3.8) is 0 Å². The number of aromatic nitrogens is 1. The molecule has 0 amide bonds. The van der Waals surface area contributed by atoms with Gasteiger partial charge in [0.1, 0.15) is 0 Å². The minimum Gasteiger partial charge on any atom is -0.300 e. The van der Waals surface area contributed by atoms with Gasteiger partial charge < -0.3 is 0 Å². The maximum Gasteiger partial charge on any atom is 0.0700 e. The number of rotatable bonds is 2. The molecule has 0 spiro atoms. The lowest BCUT2D eigenvalue weighted by molar-refractivity contribution is 1.30. The maximum absolute atomic E-state index is 8.08. The molecule has 3 heteroatoms. The molecule has 0 aliphatic rings. The van der Waals surface area contributed by atoms with Gasteiger partial charge in [0.05, 0.1) is 5.71 Å². The predicted octanol–water partition coefficient (Wildman–Crippen LogP) is 3.57. The zero-order chi connectivity index (χ0) is 11.5. The summed E-state index contributed by atoms with van der Waals surface area (Å²) in [6, 6.07) is 9.65. The third-order valence-electron chi connectivity index (χ3n) is 2.41. The number of nitrogens with one attached hydrogen (secondary N) is 1. The second kappa shape index (κ2) is 4.58. The highest BCUT2D eigenvalue weighted by Gasteiger charge is 2.05. The molecule has 80 valence electrons. The monoisotopic (exact) mass is 274 g/mol. The van der Waals surface area contributed by atoms with Crippen molar-refractivity contribution in [2.24, 2.45) is 0 Å². The number of hydrogen-bond donors (Lipinski definition) is 1. The van der Waals surface area contributed by atoms with Gasteiger partial charge in [-0.05, 0) is 30.7 Å². The molecule has 0 unspecified atom stereocenters. The van der Waals surface area contributed by atoms with Crippen LogP contribution in [-0.4, -0.2) is 10.7 Å². The second-order valence-corrected chi connectivity index (χ2v) is 4.44. The average Bonchev–Trinajstić information content (AvgIpc) is 2.33. The lowest BCUT2D eigenvalue weighted by Gasteiger charge is -2.05. The fourth-order valence-corrected chi connectivity index (χ4v) is 1.80. The van der Waals surface area contributed by atoms with Crippen molar-refractivity contribution in [1.82, 2.24) is 4.98 Å². The van der Waals surface area contributed by atoms with Gasteiger partial charge in [-0.25, -0.2) is 0 Å². The quantitative estimate of drug-likeness (QED) is 0.836. The molecule has 2 rings (SSSR count). The van der Waals surface area contributed by atoms with Crippen LogP contribution in [0.3, 0.4) is 0 Å². The lowest BCUT2D eigenvalue weighted by atomic mass is 10.0. The molecule has 0 aliphatic carbocycles. The molecule has 0 saturated heterocycles. The first-order valence-electron chi connectivity index (χ1n) is 4.94. The maximum atomic E-state index is 8.08. The molecule has 0 radical (unpaired) electrons. The van der Waals surface area contributed by atoms with Crippen LogP contribution in [0.25, 0.3) is 0 Å². The van der Waals surface area contributed by atoms with Crippen LogP contribution in [0.4, 0.5) is 0 Å². The lowest BCUT2D eigenvalue weighted by Crippen LogP contribution is -2.01. The minimum absolute atomic E-state index is 0.494. The third-order valence-corrected chi connectivity index (χ3v) is 3.27. The summed E-state index contributed by atoms with van der Waals surface area (Å²) in [6.07, 6.45) is 3.41. The van der Waals surface area contributed by atoms with Crippen LogP contribution in [0, 0.1) is 12.3 Å². The van der Waals surface area contributed by atoms with Crippen molar-refractivity contribution in [2.75, 3.05) is 0 Å². The molecule has 1 aromatic carbocycles. The van der Waals surface area contributed by atoms with Crippen LogP contribution >= 0.6 is 15.9 Å². The molecular formula is C13H11BrN2. The topological polar surface area (TPSA) is 36.7 Å². The molecule has 0 atom stereocenters. The number of halogens is 1. The van der Waals surface area contributed by atoms with E-state index in [1.54, 1.807) is 12.4 Å². The molecule has 0 fully saturated rings. The molecule has 1 N–H and O–H groups in total. The van der Waals surface area contributed by atoms with E-state index in [1.165, 1.54) is 5.56 Å². The first kappa shape index (κ1) is 11.0. The Morgan fingerprint density at radius 2 is 2.06 bits per heavy atom. The van der Waals surface area contributed by atoms with Crippen molar-refractivity contribution >= 4 is 21.6 Å². The first-order valence-corrected chi connectivity index (χ1v) is 5.73. The SMILES string of the molecule is Cc1ccc(C(=N)c2cccnc2)cc1Br. The third kappa shape index (κ3) is 2.19. The average molecular weight is 275 g/mol. The van der Waals surface area contributed by atoms with Gasteiger partial charge in [0.25, 0.3) is 0 Å². The van der Waals surface area contributed by atoms with Gasteiger partial charge in [-0.15, -0.1) is 0 Å². The van der Waals surface area contributed by atoms with E-state index in [0.717, 1.165) is 15.6 Å². The number of pyridine rings is 1. The summed E-state index contributed by atoms with van der Waals surface area (Å²) in [6.45, 7) is 2.03. The molecule has 0 bridgehead atoms. The minimum atomic E-state index is 0.494. The van der Waals surface area contributed by atoms with Crippen LogP contribution in [0.2, 0.25) is 0 Å². The second-order valence-electron chi connectivity index (χ2n) is 3.58. The largest absolute Gasteiger partial charge is 0.300 e. The Morgan fingerprint density at radius 1 is 1.25 bits per heavy atom. The molecule has 1 heterocycles. The van der Waals surface area contributed by atoms with E-state index in [1.807, 2.05) is 37.3 Å². The molecular weight excluding hydrogens is 264 g/mol. The van der Waals surface area contributed by atoms with Gasteiger partial charge in [0.2, 0.25) is 0 Å². The highest BCUT2D eigenvalue weighted by Crippen LogP contribution is 2.19. The Labute approximate surface area is 103 Å². The summed E-state index contributed by atoms with van der Waals surface area (Å²) in [5.74, 6) is 0. The van der Waals surface area contributed by atoms with Crippen LogP contribution < -0.4 is 0 Å². The fraction of sp³-hybridized carbons (Fsp3) is 0.0769. The summed E-state index contributed by atoms with van der Waals surface area (Å²) >= 11 is 3.47. The Hall–Kier alpha value is -1.48. The molecule has 2 aromatic rings. The van der Waals surface area contributed by atoms with E-state index in [9.17, 15) is 0 Å². The van der Waals surface area contributed by atoms with E-state index in [-0.39, 0.29) is 0 Å². The first-order chi connectivity index (χ1) is 7.68. The van der Waals surface area contributed by atoms with Gasteiger partial charge in [-0.2, -0.15) is 0 Å². The summed E-state index contributed by atoms with van der Waals surface area (Å²) < 4.78 is 1.03. The molecule has 0 aliphatic heterocycles. The van der Waals surface area contributed by atoms with Crippen molar-refractivity contribution in [1.29, 1.82) is 5.41 Å². The molecule has 0 saturated carbocycles. The van der Waals surface area contributed by atoms with E-state index >= 15 is 0 Å². The summed E-state index contributed by atoms with van der Waals surface area (Å²) in [7, 11) is 0. The Bertz CT molecular complexity index is 521. The number of hydrogen-bond acceptors (Lipinski definition) is 2. The number of nitrogens with zero attached hydrogens (tertiary/aromatic N) is 1. The number of benzene rings is 1. The Balaban J connectivity index is 2.39. The van der Waals surface area contributed by atoms with E-state index in [4.69, 9.17) is 5.41 Å².